The molecule has 0 atom stereocenters. The van der Waals surface area contributed by atoms with E-state index in [4.69, 9.17) is 27.9 Å². The van der Waals surface area contributed by atoms with Crippen molar-refractivity contribution >= 4 is 39.5 Å². The maximum absolute atomic E-state index is 6.10. The standard InChI is InChI=1S/C15H9Cl2N5OS/c16-9-4-5-12(10(17)7-9)23-8-13-19-20-15-22(13)21-14(24-15)11-3-1-2-6-18-11/h1-7H,8H2. The quantitative estimate of drug-likeness (QED) is 0.534. The first kappa shape index (κ1) is 15.3. The molecule has 3 heterocycles. The molecule has 120 valence electrons. The molecule has 0 amide bonds. The van der Waals surface area contributed by atoms with Crippen LogP contribution >= 0.6 is 34.5 Å². The molecule has 3 aromatic heterocycles. The predicted octanol–water partition coefficient (Wildman–Crippen LogP) is 4.13. The number of ether oxygens (including phenoxy) is 1. The van der Waals surface area contributed by atoms with Gasteiger partial charge < -0.3 is 4.74 Å². The summed E-state index contributed by atoms with van der Waals surface area (Å²) in [7, 11) is 0. The van der Waals surface area contributed by atoms with Gasteiger partial charge in [0.1, 0.15) is 18.1 Å². The van der Waals surface area contributed by atoms with Crippen LogP contribution in [0.15, 0.2) is 42.6 Å². The Bertz CT molecular complexity index is 1000. The number of hydrogen-bond donors (Lipinski definition) is 0. The molecule has 0 saturated carbocycles. The molecule has 0 N–H and O–H groups in total. The first-order valence-electron chi connectivity index (χ1n) is 6.91. The molecule has 6 nitrogen and oxygen atoms in total. The molecule has 0 unspecified atom stereocenters. The van der Waals surface area contributed by atoms with Gasteiger partial charge in [-0.2, -0.15) is 9.61 Å². The number of pyridine rings is 1. The van der Waals surface area contributed by atoms with Gasteiger partial charge in [-0.3, -0.25) is 4.98 Å². The lowest BCUT2D eigenvalue weighted by Crippen LogP contribution is -2.02. The fourth-order valence-electron chi connectivity index (χ4n) is 2.07. The Morgan fingerprint density at radius 1 is 1.12 bits per heavy atom. The molecule has 9 heteroatoms. The van der Waals surface area contributed by atoms with Crippen LogP contribution in [0.1, 0.15) is 5.82 Å². The average Bonchev–Trinajstić information content (AvgIpc) is 3.16. The van der Waals surface area contributed by atoms with Crippen LogP contribution in [-0.4, -0.2) is 24.8 Å². The zero-order valence-electron chi connectivity index (χ0n) is 12.1. The van der Waals surface area contributed by atoms with Crippen LogP contribution in [0.5, 0.6) is 5.75 Å². The van der Waals surface area contributed by atoms with E-state index in [1.165, 1.54) is 11.3 Å². The highest BCUT2D eigenvalue weighted by Crippen LogP contribution is 2.28. The third-order valence-electron chi connectivity index (χ3n) is 3.19. The van der Waals surface area contributed by atoms with Gasteiger partial charge in [-0.25, -0.2) is 0 Å². The summed E-state index contributed by atoms with van der Waals surface area (Å²) in [6.45, 7) is 0.188. The number of hydrogen-bond acceptors (Lipinski definition) is 6. The predicted molar refractivity (Wildman–Crippen MR) is 92.7 cm³/mol. The summed E-state index contributed by atoms with van der Waals surface area (Å²) in [5.41, 5.74) is 0.792. The number of halogens is 2. The molecule has 4 aromatic rings. The van der Waals surface area contributed by atoms with E-state index >= 15 is 0 Å². The SMILES string of the molecule is Clc1ccc(OCc2nnc3sc(-c4ccccn4)nn23)c(Cl)c1. The minimum absolute atomic E-state index is 0.188. The Kier molecular flexibility index (Phi) is 4.05. The van der Waals surface area contributed by atoms with Gasteiger partial charge in [0, 0.05) is 11.2 Å². The zero-order valence-corrected chi connectivity index (χ0v) is 14.4. The van der Waals surface area contributed by atoms with Crippen molar-refractivity contribution in [2.45, 2.75) is 6.61 Å². The lowest BCUT2D eigenvalue weighted by molar-refractivity contribution is 0.293. The first-order chi connectivity index (χ1) is 11.7. The van der Waals surface area contributed by atoms with Gasteiger partial charge in [-0.15, -0.1) is 10.2 Å². The van der Waals surface area contributed by atoms with E-state index in [1.807, 2.05) is 18.2 Å². The lowest BCUT2D eigenvalue weighted by Gasteiger charge is -2.06. The van der Waals surface area contributed by atoms with Crippen LogP contribution < -0.4 is 4.74 Å². The van der Waals surface area contributed by atoms with E-state index < -0.39 is 0 Å². The Balaban J connectivity index is 1.59. The van der Waals surface area contributed by atoms with E-state index in [1.54, 1.807) is 28.9 Å². The Hall–Kier alpha value is -2.22. The second kappa shape index (κ2) is 6.35. The van der Waals surface area contributed by atoms with E-state index in [0.29, 0.717) is 26.6 Å². The fraction of sp³-hybridized carbons (Fsp3) is 0.0667. The van der Waals surface area contributed by atoms with E-state index in [0.717, 1.165) is 10.7 Å². The largest absolute Gasteiger partial charge is 0.484 e. The van der Waals surface area contributed by atoms with E-state index in [9.17, 15) is 0 Å². The summed E-state index contributed by atoms with van der Waals surface area (Å²) < 4.78 is 7.35. The lowest BCUT2D eigenvalue weighted by atomic mass is 10.3. The summed E-state index contributed by atoms with van der Waals surface area (Å²) in [6, 6.07) is 10.7. The molecular formula is C15H9Cl2N5OS. The maximum atomic E-state index is 6.10. The van der Waals surface area contributed by atoms with Crippen molar-refractivity contribution < 1.29 is 4.74 Å². The van der Waals surface area contributed by atoms with Crippen LogP contribution in [0, 0.1) is 0 Å². The molecule has 0 aliphatic carbocycles. The second-order valence-electron chi connectivity index (χ2n) is 4.80. The number of rotatable bonds is 4. The molecular weight excluding hydrogens is 369 g/mol. The first-order valence-corrected chi connectivity index (χ1v) is 8.48. The summed E-state index contributed by atoms with van der Waals surface area (Å²) in [5, 5.41) is 14.5. The number of nitrogens with zero attached hydrogens (tertiary/aromatic N) is 5. The fourth-order valence-corrected chi connectivity index (χ4v) is 3.37. The molecule has 4 rings (SSSR count). The maximum Gasteiger partial charge on any atom is 0.235 e. The highest BCUT2D eigenvalue weighted by atomic mass is 35.5. The normalized spacial score (nSPS) is 11.1. The molecule has 0 saturated heterocycles. The van der Waals surface area contributed by atoms with Crippen LogP contribution in [0.2, 0.25) is 10.0 Å². The van der Waals surface area contributed by atoms with E-state index in [2.05, 4.69) is 20.3 Å². The van der Waals surface area contributed by atoms with Crippen molar-refractivity contribution in [2.24, 2.45) is 0 Å². The zero-order chi connectivity index (χ0) is 16.5. The summed E-state index contributed by atoms with van der Waals surface area (Å²) in [5.74, 6) is 1.10. The molecule has 1 aromatic carbocycles. The van der Waals surface area contributed by atoms with Gasteiger partial charge in [0.25, 0.3) is 0 Å². The Morgan fingerprint density at radius 3 is 2.83 bits per heavy atom. The summed E-state index contributed by atoms with van der Waals surface area (Å²) in [4.78, 5) is 4.97. The van der Waals surface area contributed by atoms with Gasteiger partial charge in [-0.1, -0.05) is 40.6 Å². The highest BCUT2D eigenvalue weighted by molar-refractivity contribution is 7.19. The molecule has 0 aliphatic heterocycles. The molecule has 0 aliphatic rings. The smallest absolute Gasteiger partial charge is 0.235 e. The van der Waals surface area contributed by atoms with Crippen LogP contribution in [0.4, 0.5) is 0 Å². The minimum atomic E-state index is 0.188. The molecule has 0 spiro atoms. The van der Waals surface area contributed by atoms with Crippen LogP contribution in [0.25, 0.3) is 15.7 Å². The van der Waals surface area contributed by atoms with Crippen molar-refractivity contribution in [2.75, 3.05) is 0 Å². The summed E-state index contributed by atoms with van der Waals surface area (Å²) >= 11 is 13.4. The van der Waals surface area contributed by atoms with Crippen molar-refractivity contribution in [1.29, 1.82) is 0 Å². The van der Waals surface area contributed by atoms with Gasteiger partial charge in [0.15, 0.2) is 10.8 Å². The van der Waals surface area contributed by atoms with Gasteiger partial charge in [0.2, 0.25) is 4.96 Å². The monoisotopic (exact) mass is 377 g/mol. The number of aromatic nitrogens is 5. The molecule has 24 heavy (non-hydrogen) atoms. The third kappa shape index (κ3) is 2.93. The van der Waals surface area contributed by atoms with Crippen molar-refractivity contribution in [1.82, 2.24) is 24.8 Å². The highest BCUT2D eigenvalue weighted by Gasteiger charge is 2.14. The second-order valence-corrected chi connectivity index (χ2v) is 6.60. The topological polar surface area (TPSA) is 65.2 Å². The van der Waals surface area contributed by atoms with Crippen molar-refractivity contribution in [3.8, 4) is 16.5 Å². The number of benzene rings is 1. The summed E-state index contributed by atoms with van der Waals surface area (Å²) in [6.07, 6.45) is 1.73. The van der Waals surface area contributed by atoms with Gasteiger partial charge in [0.05, 0.1) is 5.02 Å². The third-order valence-corrected chi connectivity index (χ3v) is 4.64. The van der Waals surface area contributed by atoms with E-state index in [-0.39, 0.29) is 6.61 Å². The average molecular weight is 378 g/mol. The molecule has 0 bridgehead atoms. The van der Waals surface area contributed by atoms with Crippen molar-refractivity contribution in [3.63, 3.8) is 0 Å². The number of fused-ring (bicyclic) bond motifs is 1. The molecule has 0 fully saturated rings. The van der Waals surface area contributed by atoms with Gasteiger partial charge in [-0.05, 0) is 30.3 Å². The van der Waals surface area contributed by atoms with Crippen molar-refractivity contribution in [3.05, 3.63) is 58.5 Å². The van der Waals surface area contributed by atoms with Crippen LogP contribution in [0.3, 0.4) is 0 Å². The Morgan fingerprint density at radius 2 is 2.04 bits per heavy atom. The molecule has 0 radical (unpaired) electrons. The minimum Gasteiger partial charge on any atom is -0.484 e. The van der Waals surface area contributed by atoms with Crippen LogP contribution in [-0.2, 0) is 6.61 Å². The van der Waals surface area contributed by atoms with Gasteiger partial charge >= 0.3 is 0 Å². The Labute approximate surface area is 150 Å².